The molecule has 1 amide bonds. The van der Waals surface area contributed by atoms with Gasteiger partial charge in [0.25, 0.3) is 5.91 Å². The minimum atomic E-state index is -0.342. The van der Waals surface area contributed by atoms with Crippen LogP contribution in [0.1, 0.15) is 24.2 Å². The van der Waals surface area contributed by atoms with Crippen LogP contribution in [-0.4, -0.2) is 72.8 Å². The standard InChI is InChI=1S/C24H30N6O3/c1-29-7-3-24(4-8-29)15-17-13-19(20(14-21(17)33-24)30-9-11-32-12-10-30)28-23(31)18(16-25)22-26-5-2-6-27-22/h2,5-6,13-14,16H,3-4,7-12,15,25H2,1H3,(H,28,31). The lowest BCUT2D eigenvalue weighted by Crippen LogP contribution is -2.45. The third kappa shape index (κ3) is 4.38. The zero-order valence-corrected chi connectivity index (χ0v) is 18.9. The third-order valence-electron chi connectivity index (χ3n) is 6.73. The first-order valence-electron chi connectivity index (χ1n) is 11.4. The molecule has 0 radical (unpaired) electrons. The van der Waals surface area contributed by atoms with E-state index in [1.807, 2.05) is 0 Å². The predicted molar refractivity (Wildman–Crippen MR) is 126 cm³/mol. The first-order chi connectivity index (χ1) is 16.1. The Morgan fingerprint density at radius 3 is 2.58 bits per heavy atom. The molecule has 0 unspecified atom stereocenters. The summed E-state index contributed by atoms with van der Waals surface area (Å²) in [6.07, 6.45) is 7.28. The Balaban J connectivity index is 1.45. The molecule has 2 aromatic rings. The number of likely N-dealkylation sites (tertiary alicyclic amines) is 1. The molecule has 3 aliphatic heterocycles. The molecule has 9 nitrogen and oxygen atoms in total. The van der Waals surface area contributed by atoms with Crippen LogP contribution in [0.3, 0.4) is 0 Å². The number of fused-ring (bicyclic) bond motifs is 1. The SMILES string of the molecule is CN1CCC2(CC1)Cc1cc(NC(=O)C(=CN)c3ncccn3)c(N3CCOCC3)cc1O2. The normalized spacial score (nSPS) is 20.4. The van der Waals surface area contributed by atoms with Gasteiger partial charge >= 0.3 is 0 Å². The molecule has 0 bridgehead atoms. The Hall–Kier alpha value is -3.17. The fourth-order valence-electron chi connectivity index (χ4n) is 4.81. The maximum atomic E-state index is 13.2. The van der Waals surface area contributed by atoms with Gasteiger partial charge in [-0.15, -0.1) is 0 Å². The monoisotopic (exact) mass is 450 g/mol. The summed E-state index contributed by atoms with van der Waals surface area (Å²) in [5, 5.41) is 3.07. The molecule has 33 heavy (non-hydrogen) atoms. The van der Waals surface area contributed by atoms with E-state index >= 15 is 0 Å². The number of amides is 1. The summed E-state index contributed by atoms with van der Waals surface area (Å²) in [7, 11) is 2.15. The van der Waals surface area contributed by atoms with Crippen LogP contribution >= 0.6 is 0 Å². The van der Waals surface area contributed by atoms with Crippen LogP contribution in [0.4, 0.5) is 11.4 Å². The number of ether oxygens (including phenoxy) is 2. The van der Waals surface area contributed by atoms with E-state index in [-0.39, 0.29) is 17.1 Å². The number of benzene rings is 1. The average Bonchev–Trinajstić information content (AvgIpc) is 3.19. The fraction of sp³-hybridized carbons (Fsp3) is 0.458. The zero-order valence-electron chi connectivity index (χ0n) is 18.9. The van der Waals surface area contributed by atoms with Crippen molar-refractivity contribution in [2.45, 2.75) is 24.9 Å². The van der Waals surface area contributed by atoms with Crippen molar-refractivity contribution in [2.75, 3.05) is 56.7 Å². The lowest BCUT2D eigenvalue weighted by Gasteiger charge is -2.37. The highest BCUT2D eigenvalue weighted by molar-refractivity contribution is 6.24. The second kappa shape index (κ2) is 8.99. The van der Waals surface area contributed by atoms with Crippen molar-refractivity contribution in [2.24, 2.45) is 5.73 Å². The summed E-state index contributed by atoms with van der Waals surface area (Å²) in [5.74, 6) is 0.867. The van der Waals surface area contributed by atoms with E-state index in [1.54, 1.807) is 18.5 Å². The van der Waals surface area contributed by atoms with Gasteiger partial charge in [-0.2, -0.15) is 0 Å². The summed E-state index contributed by atoms with van der Waals surface area (Å²) >= 11 is 0. The van der Waals surface area contributed by atoms with E-state index in [9.17, 15) is 4.79 Å². The first kappa shape index (κ1) is 21.7. The van der Waals surface area contributed by atoms with Gasteiger partial charge in [-0.1, -0.05) is 0 Å². The van der Waals surface area contributed by atoms with Crippen LogP contribution in [0.25, 0.3) is 5.57 Å². The third-order valence-corrected chi connectivity index (χ3v) is 6.73. The van der Waals surface area contributed by atoms with E-state index < -0.39 is 0 Å². The molecule has 0 saturated carbocycles. The van der Waals surface area contributed by atoms with Crippen molar-refractivity contribution >= 4 is 22.9 Å². The number of nitrogens with one attached hydrogen (secondary N) is 1. The Morgan fingerprint density at radius 2 is 1.88 bits per heavy atom. The molecule has 0 aliphatic carbocycles. The number of carbonyl (C=O) groups is 1. The summed E-state index contributed by atoms with van der Waals surface area (Å²) in [6, 6.07) is 5.84. The van der Waals surface area contributed by atoms with E-state index in [0.717, 1.165) is 68.1 Å². The van der Waals surface area contributed by atoms with Gasteiger partial charge in [0.1, 0.15) is 11.4 Å². The van der Waals surface area contributed by atoms with E-state index in [0.29, 0.717) is 19.0 Å². The van der Waals surface area contributed by atoms with Gasteiger partial charge in [0, 0.05) is 75.7 Å². The zero-order chi connectivity index (χ0) is 22.8. The molecule has 4 heterocycles. The number of rotatable bonds is 4. The van der Waals surface area contributed by atoms with Gasteiger partial charge in [-0.05, 0) is 19.2 Å². The molecule has 1 aromatic heterocycles. The van der Waals surface area contributed by atoms with E-state index in [4.69, 9.17) is 15.2 Å². The highest BCUT2D eigenvalue weighted by Crippen LogP contribution is 2.45. The largest absolute Gasteiger partial charge is 0.486 e. The van der Waals surface area contributed by atoms with Crippen LogP contribution in [0.5, 0.6) is 5.75 Å². The molecule has 3 N–H and O–H groups in total. The second-order valence-corrected chi connectivity index (χ2v) is 8.95. The lowest BCUT2D eigenvalue weighted by atomic mass is 9.87. The van der Waals surface area contributed by atoms with Crippen LogP contribution < -0.4 is 20.7 Å². The molecule has 1 spiro atoms. The number of nitrogens with two attached hydrogens (primary N) is 1. The highest BCUT2D eigenvalue weighted by atomic mass is 16.5. The molecule has 2 saturated heterocycles. The summed E-state index contributed by atoms with van der Waals surface area (Å²) in [6.45, 7) is 4.84. The molecular formula is C24H30N6O3. The van der Waals surface area contributed by atoms with E-state index in [1.165, 1.54) is 6.20 Å². The minimum Gasteiger partial charge on any atom is -0.486 e. The number of carbonyl (C=O) groups excluding carboxylic acids is 1. The summed E-state index contributed by atoms with van der Waals surface area (Å²) in [4.78, 5) is 26.1. The van der Waals surface area contributed by atoms with Crippen molar-refractivity contribution < 1.29 is 14.3 Å². The fourth-order valence-corrected chi connectivity index (χ4v) is 4.81. The van der Waals surface area contributed by atoms with Gasteiger partial charge in [-0.3, -0.25) is 4.79 Å². The number of hydrogen-bond donors (Lipinski definition) is 2. The lowest BCUT2D eigenvalue weighted by molar-refractivity contribution is -0.111. The Labute approximate surface area is 193 Å². The molecule has 9 heteroatoms. The highest BCUT2D eigenvalue weighted by Gasteiger charge is 2.42. The quantitative estimate of drug-likeness (QED) is 0.678. The molecule has 5 rings (SSSR count). The summed E-state index contributed by atoms with van der Waals surface area (Å²) < 4.78 is 12.1. The van der Waals surface area contributed by atoms with Gasteiger partial charge in [0.05, 0.1) is 30.2 Å². The van der Waals surface area contributed by atoms with Crippen molar-refractivity contribution in [3.8, 4) is 5.75 Å². The maximum Gasteiger partial charge on any atom is 0.261 e. The van der Waals surface area contributed by atoms with Gasteiger partial charge in [0.15, 0.2) is 5.82 Å². The molecule has 174 valence electrons. The number of hydrogen-bond acceptors (Lipinski definition) is 8. The maximum absolute atomic E-state index is 13.2. The first-order valence-corrected chi connectivity index (χ1v) is 11.4. The molecular weight excluding hydrogens is 420 g/mol. The number of anilines is 2. The van der Waals surface area contributed by atoms with Gasteiger partial charge in [-0.25, -0.2) is 9.97 Å². The van der Waals surface area contributed by atoms with Crippen LogP contribution in [-0.2, 0) is 16.0 Å². The summed E-state index contributed by atoms with van der Waals surface area (Å²) in [5.41, 5.74) is 8.65. The topological polar surface area (TPSA) is 106 Å². The Bertz CT molecular complexity index is 1040. The van der Waals surface area contributed by atoms with Crippen molar-refractivity contribution in [1.29, 1.82) is 0 Å². The number of piperidine rings is 1. The van der Waals surface area contributed by atoms with Crippen LogP contribution in [0.15, 0.2) is 36.8 Å². The number of aromatic nitrogens is 2. The van der Waals surface area contributed by atoms with Gasteiger partial charge in [0.2, 0.25) is 0 Å². The average molecular weight is 451 g/mol. The molecule has 1 aromatic carbocycles. The number of morpholine rings is 1. The van der Waals surface area contributed by atoms with Crippen LogP contribution in [0, 0.1) is 0 Å². The van der Waals surface area contributed by atoms with E-state index in [2.05, 4.69) is 44.3 Å². The van der Waals surface area contributed by atoms with Crippen molar-refractivity contribution in [3.63, 3.8) is 0 Å². The molecule has 3 aliphatic rings. The van der Waals surface area contributed by atoms with Crippen molar-refractivity contribution in [3.05, 3.63) is 48.2 Å². The Morgan fingerprint density at radius 1 is 1.15 bits per heavy atom. The smallest absolute Gasteiger partial charge is 0.261 e. The molecule has 0 atom stereocenters. The number of nitrogens with zero attached hydrogens (tertiary/aromatic N) is 4. The minimum absolute atomic E-state index is 0.153. The molecule has 2 fully saturated rings. The van der Waals surface area contributed by atoms with Gasteiger partial charge < -0.3 is 30.3 Å². The van der Waals surface area contributed by atoms with Crippen LogP contribution in [0.2, 0.25) is 0 Å². The second-order valence-electron chi connectivity index (χ2n) is 8.95. The Kier molecular flexibility index (Phi) is 5.90. The van der Waals surface area contributed by atoms with Crippen molar-refractivity contribution in [1.82, 2.24) is 14.9 Å². The predicted octanol–water partition coefficient (Wildman–Crippen LogP) is 1.65.